The Hall–Kier alpha value is -1.10. The minimum Gasteiger partial charge on any atom is -0.488 e. The molecule has 0 radical (unpaired) electrons. The summed E-state index contributed by atoms with van der Waals surface area (Å²) in [5.74, 6) is 0.273. The highest BCUT2D eigenvalue weighted by Gasteiger charge is 2.11. The van der Waals surface area contributed by atoms with Crippen LogP contribution in [0.4, 0.5) is 4.39 Å². The Labute approximate surface area is 130 Å². The van der Waals surface area contributed by atoms with Crippen molar-refractivity contribution >= 4 is 27.5 Å². The van der Waals surface area contributed by atoms with Gasteiger partial charge in [-0.15, -0.1) is 0 Å². The SMILES string of the molecule is Cc1cc(Br)cc(CN)c1OCc1cccc(F)c1Cl. The molecule has 0 aromatic heterocycles. The van der Waals surface area contributed by atoms with Crippen molar-refractivity contribution in [1.29, 1.82) is 0 Å². The van der Waals surface area contributed by atoms with Crippen molar-refractivity contribution in [3.05, 3.63) is 62.3 Å². The summed E-state index contributed by atoms with van der Waals surface area (Å²) in [5, 5.41) is 0.0940. The zero-order valence-corrected chi connectivity index (χ0v) is 13.3. The van der Waals surface area contributed by atoms with Crippen LogP contribution in [0.3, 0.4) is 0 Å². The number of rotatable bonds is 4. The number of hydrogen-bond donors (Lipinski definition) is 1. The predicted octanol–water partition coefficient (Wildman–Crippen LogP) is 4.59. The molecule has 2 aromatic rings. The summed E-state index contributed by atoms with van der Waals surface area (Å²) in [7, 11) is 0. The van der Waals surface area contributed by atoms with E-state index in [-0.39, 0.29) is 11.6 Å². The van der Waals surface area contributed by atoms with Crippen molar-refractivity contribution < 1.29 is 9.13 Å². The van der Waals surface area contributed by atoms with Gasteiger partial charge in [0.15, 0.2) is 0 Å². The molecule has 2 nitrogen and oxygen atoms in total. The highest BCUT2D eigenvalue weighted by atomic mass is 79.9. The molecule has 0 aliphatic rings. The van der Waals surface area contributed by atoms with E-state index in [2.05, 4.69) is 15.9 Å². The van der Waals surface area contributed by atoms with Crippen LogP contribution < -0.4 is 10.5 Å². The minimum absolute atomic E-state index is 0.0940. The summed E-state index contributed by atoms with van der Waals surface area (Å²) in [4.78, 5) is 0. The van der Waals surface area contributed by atoms with Gasteiger partial charge in [0.1, 0.15) is 18.2 Å². The highest BCUT2D eigenvalue weighted by Crippen LogP contribution is 2.29. The van der Waals surface area contributed by atoms with Crippen molar-refractivity contribution in [3.8, 4) is 5.75 Å². The molecule has 2 N–H and O–H groups in total. The summed E-state index contributed by atoms with van der Waals surface area (Å²) < 4.78 is 20.1. The van der Waals surface area contributed by atoms with Crippen molar-refractivity contribution in [3.63, 3.8) is 0 Å². The first-order valence-corrected chi connectivity index (χ1v) is 7.24. The quantitative estimate of drug-likeness (QED) is 0.867. The van der Waals surface area contributed by atoms with E-state index in [0.29, 0.717) is 12.1 Å². The largest absolute Gasteiger partial charge is 0.488 e. The van der Waals surface area contributed by atoms with Crippen LogP contribution in [0.25, 0.3) is 0 Å². The van der Waals surface area contributed by atoms with E-state index in [4.69, 9.17) is 22.1 Å². The number of hydrogen-bond acceptors (Lipinski definition) is 2. The molecule has 0 saturated carbocycles. The number of aryl methyl sites for hydroxylation is 1. The van der Waals surface area contributed by atoms with Gasteiger partial charge in [-0.25, -0.2) is 4.39 Å². The molecular formula is C15H14BrClFNO. The van der Waals surface area contributed by atoms with Gasteiger partial charge in [0.05, 0.1) is 5.02 Å². The lowest BCUT2D eigenvalue weighted by Gasteiger charge is -2.14. The van der Waals surface area contributed by atoms with Gasteiger partial charge in [0, 0.05) is 22.1 Å². The van der Waals surface area contributed by atoms with Gasteiger partial charge < -0.3 is 10.5 Å². The second-order valence-corrected chi connectivity index (χ2v) is 5.71. The monoisotopic (exact) mass is 357 g/mol. The van der Waals surface area contributed by atoms with Crippen LogP contribution >= 0.6 is 27.5 Å². The van der Waals surface area contributed by atoms with Crippen molar-refractivity contribution in [2.45, 2.75) is 20.1 Å². The lowest BCUT2D eigenvalue weighted by molar-refractivity contribution is 0.300. The maximum Gasteiger partial charge on any atom is 0.142 e. The molecule has 0 unspecified atom stereocenters. The third kappa shape index (κ3) is 3.32. The Morgan fingerprint density at radius 2 is 2.05 bits per heavy atom. The van der Waals surface area contributed by atoms with Crippen molar-refractivity contribution in [2.75, 3.05) is 0 Å². The highest BCUT2D eigenvalue weighted by molar-refractivity contribution is 9.10. The first kappa shape index (κ1) is 15.3. The van der Waals surface area contributed by atoms with Crippen LogP contribution in [-0.4, -0.2) is 0 Å². The zero-order valence-electron chi connectivity index (χ0n) is 10.9. The van der Waals surface area contributed by atoms with E-state index in [9.17, 15) is 4.39 Å². The topological polar surface area (TPSA) is 35.2 Å². The summed E-state index contributed by atoms with van der Waals surface area (Å²) >= 11 is 9.33. The van der Waals surface area contributed by atoms with E-state index in [1.807, 2.05) is 19.1 Å². The smallest absolute Gasteiger partial charge is 0.142 e. The van der Waals surface area contributed by atoms with Crippen LogP contribution in [0.5, 0.6) is 5.75 Å². The summed E-state index contributed by atoms with van der Waals surface area (Å²) in [5.41, 5.74) is 8.19. The van der Waals surface area contributed by atoms with E-state index in [1.54, 1.807) is 12.1 Å². The summed E-state index contributed by atoms with van der Waals surface area (Å²) in [6.45, 7) is 2.50. The molecule has 0 aliphatic heterocycles. The van der Waals surface area contributed by atoms with Gasteiger partial charge in [-0.1, -0.05) is 39.7 Å². The maximum atomic E-state index is 13.4. The van der Waals surface area contributed by atoms with Gasteiger partial charge in [-0.05, 0) is 30.7 Å². The fourth-order valence-corrected chi connectivity index (χ4v) is 2.77. The third-order valence-electron chi connectivity index (χ3n) is 2.94. The maximum absolute atomic E-state index is 13.4. The molecule has 0 atom stereocenters. The molecule has 0 amide bonds. The van der Waals surface area contributed by atoms with Gasteiger partial charge in [-0.3, -0.25) is 0 Å². The Morgan fingerprint density at radius 3 is 2.75 bits per heavy atom. The standard InChI is InChI=1S/C15H14BrClFNO/c1-9-5-12(16)6-11(7-19)15(9)20-8-10-3-2-4-13(18)14(10)17/h2-6H,7-8,19H2,1H3. The molecule has 0 spiro atoms. The molecule has 2 rings (SSSR count). The Morgan fingerprint density at radius 1 is 1.30 bits per heavy atom. The second kappa shape index (κ2) is 6.57. The van der Waals surface area contributed by atoms with Crippen LogP contribution in [0.2, 0.25) is 5.02 Å². The van der Waals surface area contributed by atoms with Gasteiger partial charge in [0.25, 0.3) is 0 Å². The normalized spacial score (nSPS) is 10.7. The molecule has 5 heteroatoms. The lowest BCUT2D eigenvalue weighted by Crippen LogP contribution is -2.05. The molecule has 2 aromatic carbocycles. The summed E-state index contributed by atoms with van der Waals surface area (Å²) in [6.07, 6.45) is 0. The van der Waals surface area contributed by atoms with Gasteiger partial charge in [0.2, 0.25) is 0 Å². The van der Waals surface area contributed by atoms with Gasteiger partial charge in [-0.2, -0.15) is 0 Å². The summed E-state index contributed by atoms with van der Waals surface area (Å²) in [6, 6.07) is 8.53. The van der Waals surface area contributed by atoms with E-state index >= 15 is 0 Å². The molecule has 0 heterocycles. The molecule has 0 saturated heterocycles. The first-order valence-electron chi connectivity index (χ1n) is 6.07. The molecule has 20 heavy (non-hydrogen) atoms. The Bertz CT molecular complexity index is 634. The van der Waals surface area contributed by atoms with E-state index in [0.717, 1.165) is 21.3 Å². The number of ether oxygens (including phenoxy) is 1. The van der Waals surface area contributed by atoms with Crippen molar-refractivity contribution in [1.82, 2.24) is 0 Å². The fourth-order valence-electron chi connectivity index (χ4n) is 1.97. The predicted molar refractivity (Wildman–Crippen MR) is 82.5 cm³/mol. The molecule has 106 valence electrons. The second-order valence-electron chi connectivity index (χ2n) is 4.42. The van der Waals surface area contributed by atoms with Crippen LogP contribution in [0.15, 0.2) is 34.8 Å². The minimum atomic E-state index is -0.445. The van der Waals surface area contributed by atoms with Crippen molar-refractivity contribution in [2.24, 2.45) is 5.73 Å². The Balaban J connectivity index is 2.25. The lowest BCUT2D eigenvalue weighted by atomic mass is 10.1. The van der Waals surface area contributed by atoms with Gasteiger partial charge >= 0.3 is 0 Å². The van der Waals surface area contributed by atoms with E-state index < -0.39 is 5.82 Å². The molecule has 0 fully saturated rings. The van der Waals surface area contributed by atoms with Crippen LogP contribution in [-0.2, 0) is 13.2 Å². The number of nitrogens with two attached hydrogens (primary N) is 1. The third-order valence-corrected chi connectivity index (χ3v) is 3.82. The average Bonchev–Trinajstić information content (AvgIpc) is 2.41. The number of benzene rings is 2. The van der Waals surface area contributed by atoms with Crippen LogP contribution in [0.1, 0.15) is 16.7 Å². The molecule has 0 bridgehead atoms. The Kier molecular flexibility index (Phi) is 5.02. The molecule has 0 aliphatic carbocycles. The fraction of sp³-hybridized carbons (Fsp3) is 0.200. The average molecular weight is 359 g/mol. The molecular weight excluding hydrogens is 345 g/mol. The number of halogens is 3. The first-order chi connectivity index (χ1) is 9.52. The van der Waals surface area contributed by atoms with Crippen LogP contribution in [0, 0.1) is 12.7 Å². The zero-order chi connectivity index (χ0) is 14.7. The van der Waals surface area contributed by atoms with E-state index in [1.165, 1.54) is 6.07 Å².